The van der Waals surface area contributed by atoms with Crippen LogP contribution >= 0.6 is 7.60 Å². The molecule has 0 aliphatic heterocycles. The van der Waals surface area contributed by atoms with Crippen LogP contribution in [0.3, 0.4) is 0 Å². The van der Waals surface area contributed by atoms with Crippen LogP contribution < -0.4 is 4.52 Å². The summed E-state index contributed by atoms with van der Waals surface area (Å²) in [7, 11) is -3.84. The molecule has 0 radical (unpaired) electrons. The van der Waals surface area contributed by atoms with Gasteiger partial charge in [0.1, 0.15) is 5.75 Å². The molecule has 1 rings (SSSR count). The maximum atomic E-state index is 11.8. The van der Waals surface area contributed by atoms with Gasteiger partial charge in [-0.25, -0.2) is 4.57 Å². The molecule has 2 N–H and O–H groups in total. The third-order valence-electron chi connectivity index (χ3n) is 2.38. The van der Waals surface area contributed by atoms with Gasteiger partial charge >= 0.3 is 13.3 Å². The van der Waals surface area contributed by atoms with E-state index in [2.05, 4.69) is 0 Å². The largest absolute Gasteiger partial charge is 0.502 e. The Bertz CT molecular complexity index is 516. The lowest BCUT2D eigenvalue weighted by Crippen LogP contribution is -2.01. The van der Waals surface area contributed by atoms with Crippen molar-refractivity contribution in [3.8, 4) is 11.5 Å². The molecule has 1 aromatic carbocycles. The zero-order valence-electron chi connectivity index (χ0n) is 10.6. The van der Waals surface area contributed by atoms with Crippen molar-refractivity contribution < 1.29 is 24.0 Å². The lowest BCUT2D eigenvalue weighted by atomic mass is 10.2. The molecular formula is C11H16NO6P. The molecule has 0 heterocycles. The molecule has 1 aromatic rings. The van der Waals surface area contributed by atoms with Crippen molar-refractivity contribution >= 4 is 13.3 Å². The summed E-state index contributed by atoms with van der Waals surface area (Å²) >= 11 is 0. The van der Waals surface area contributed by atoms with Crippen molar-refractivity contribution in [2.24, 2.45) is 5.92 Å². The molecule has 1 atom stereocenters. The quantitative estimate of drug-likeness (QED) is 0.473. The molecule has 0 spiro atoms. The maximum Gasteiger partial charge on any atom is 0.376 e. The van der Waals surface area contributed by atoms with Crippen LogP contribution in [0.25, 0.3) is 0 Å². The van der Waals surface area contributed by atoms with Gasteiger partial charge in [0.2, 0.25) is 0 Å². The number of rotatable bonds is 6. The van der Waals surface area contributed by atoms with Crippen molar-refractivity contribution in [1.29, 1.82) is 0 Å². The first-order valence-electron chi connectivity index (χ1n) is 5.70. The molecular weight excluding hydrogens is 273 g/mol. The van der Waals surface area contributed by atoms with Crippen molar-refractivity contribution in [2.75, 3.05) is 6.16 Å². The Morgan fingerprint density at radius 2 is 2.11 bits per heavy atom. The fourth-order valence-corrected chi connectivity index (χ4v) is 2.71. The fourth-order valence-electron chi connectivity index (χ4n) is 1.34. The number of hydrogen-bond acceptors (Lipinski definition) is 5. The number of aromatic hydroxyl groups is 1. The van der Waals surface area contributed by atoms with E-state index < -0.39 is 24.0 Å². The van der Waals surface area contributed by atoms with Crippen molar-refractivity contribution in [3.05, 3.63) is 28.3 Å². The number of phenolic OH excluding ortho intramolecular Hbond substituents is 1. The third-order valence-corrected chi connectivity index (χ3v) is 3.70. The van der Waals surface area contributed by atoms with Crippen molar-refractivity contribution in [3.63, 3.8) is 0 Å². The van der Waals surface area contributed by atoms with Crippen LogP contribution in [0.15, 0.2) is 18.2 Å². The standard InChI is InChI=1S/C11H16NO6P/c1-8(2)5-6-19(16,17)18-9-3-4-11(13)10(7-9)12(14)15/h3-4,7-8,13H,5-6H2,1-2H3,(H,16,17). The molecule has 1 unspecified atom stereocenters. The Kier molecular flexibility index (Phi) is 4.91. The minimum Gasteiger partial charge on any atom is -0.502 e. The van der Waals surface area contributed by atoms with E-state index in [4.69, 9.17) is 4.52 Å². The van der Waals surface area contributed by atoms with Gasteiger partial charge in [0.15, 0.2) is 5.75 Å². The molecule has 0 fully saturated rings. The number of nitro benzene ring substituents is 1. The highest BCUT2D eigenvalue weighted by atomic mass is 31.2. The highest BCUT2D eigenvalue weighted by molar-refractivity contribution is 7.53. The molecule has 0 aliphatic carbocycles. The maximum absolute atomic E-state index is 11.8. The number of nitro groups is 1. The SMILES string of the molecule is CC(C)CCP(=O)(O)Oc1ccc(O)c([N+](=O)[O-])c1. The van der Waals surface area contributed by atoms with Crippen LogP contribution in [0, 0.1) is 16.0 Å². The first-order valence-corrected chi connectivity index (χ1v) is 7.46. The first-order chi connectivity index (χ1) is 8.71. The van der Waals surface area contributed by atoms with Crippen LogP contribution in [0.1, 0.15) is 20.3 Å². The molecule has 0 aliphatic rings. The summed E-state index contributed by atoms with van der Waals surface area (Å²) in [4.78, 5) is 19.4. The van der Waals surface area contributed by atoms with Crippen LogP contribution in [0.2, 0.25) is 0 Å². The van der Waals surface area contributed by atoms with E-state index in [1.807, 2.05) is 13.8 Å². The average Bonchev–Trinajstić information content (AvgIpc) is 2.28. The monoisotopic (exact) mass is 289 g/mol. The summed E-state index contributed by atoms with van der Waals surface area (Å²) in [6, 6.07) is 3.18. The van der Waals surface area contributed by atoms with Crippen LogP contribution in [0.5, 0.6) is 11.5 Å². The molecule has 0 bridgehead atoms. The number of phenols is 1. The number of benzene rings is 1. The second kappa shape index (κ2) is 6.04. The summed E-state index contributed by atoms with van der Waals surface area (Å²) in [5, 5.41) is 19.9. The predicted molar refractivity (Wildman–Crippen MR) is 69.5 cm³/mol. The molecule has 0 saturated carbocycles. The van der Waals surface area contributed by atoms with Gasteiger partial charge in [-0.15, -0.1) is 0 Å². The first kappa shape index (κ1) is 15.5. The summed E-state index contributed by atoms with van der Waals surface area (Å²) in [6.45, 7) is 3.82. The van der Waals surface area contributed by atoms with E-state index in [0.717, 1.165) is 12.1 Å². The van der Waals surface area contributed by atoms with E-state index in [9.17, 15) is 24.7 Å². The second-order valence-corrected chi connectivity index (χ2v) is 6.45. The highest BCUT2D eigenvalue weighted by Gasteiger charge is 2.23. The fraction of sp³-hybridized carbons (Fsp3) is 0.455. The van der Waals surface area contributed by atoms with Crippen LogP contribution in [-0.4, -0.2) is 21.1 Å². The minimum absolute atomic E-state index is 0.0284. The van der Waals surface area contributed by atoms with E-state index in [1.165, 1.54) is 6.07 Å². The lowest BCUT2D eigenvalue weighted by molar-refractivity contribution is -0.385. The zero-order chi connectivity index (χ0) is 14.6. The molecule has 8 heteroatoms. The summed E-state index contributed by atoms with van der Waals surface area (Å²) in [5.41, 5.74) is -0.568. The smallest absolute Gasteiger partial charge is 0.376 e. The lowest BCUT2D eigenvalue weighted by Gasteiger charge is -2.14. The summed E-state index contributed by atoms with van der Waals surface area (Å²) < 4.78 is 16.6. The molecule has 7 nitrogen and oxygen atoms in total. The van der Waals surface area contributed by atoms with E-state index in [1.54, 1.807) is 0 Å². The topological polar surface area (TPSA) is 110 Å². The zero-order valence-corrected chi connectivity index (χ0v) is 11.5. The Morgan fingerprint density at radius 3 is 2.63 bits per heavy atom. The molecule has 19 heavy (non-hydrogen) atoms. The third kappa shape index (κ3) is 4.89. The molecule has 0 saturated heterocycles. The number of hydrogen-bond donors (Lipinski definition) is 2. The highest BCUT2D eigenvalue weighted by Crippen LogP contribution is 2.45. The van der Waals surface area contributed by atoms with Crippen LogP contribution in [0.4, 0.5) is 5.69 Å². The Balaban J connectivity index is 2.85. The predicted octanol–water partition coefficient (Wildman–Crippen LogP) is 2.91. The molecule has 0 aromatic heterocycles. The average molecular weight is 289 g/mol. The van der Waals surface area contributed by atoms with Gasteiger partial charge in [-0.3, -0.25) is 10.1 Å². The van der Waals surface area contributed by atoms with Gasteiger partial charge in [-0.05, 0) is 24.5 Å². The van der Waals surface area contributed by atoms with Gasteiger partial charge in [0, 0.05) is 0 Å². The Morgan fingerprint density at radius 1 is 1.47 bits per heavy atom. The van der Waals surface area contributed by atoms with Gasteiger partial charge in [0.25, 0.3) is 0 Å². The van der Waals surface area contributed by atoms with E-state index in [0.29, 0.717) is 6.42 Å². The Hall–Kier alpha value is -1.59. The van der Waals surface area contributed by atoms with E-state index >= 15 is 0 Å². The van der Waals surface area contributed by atoms with Crippen LogP contribution in [-0.2, 0) is 4.57 Å². The normalized spacial score (nSPS) is 14.1. The molecule has 106 valence electrons. The van der Waals surface area contributed by atoms with Gasteiger partial charge < -0.3 is 14.5 Å². The summed E-state index contributed by atoms with van der Waals surface area (Å²) in [5.74, 6) is -0.385. The van der Waals surface area contributed by atoms with E-state index in [-0.39, 0.29) is 17.8 Å². The van der Waals surface area contributed by atoms with Crippen molar-refractivity contribution in [1.82, 2.24) is 0 Å². The minimum atomic E-state index is -3.84. The molecule has 0 amide bonds. The second-order valence-electron chi connectivity index (χ2n) is 4.54. The van der Waals surface area contributed by atoms with Crippen molar-refractivity contribution in [2.45, 2.75) is 20.3 Å². The van der Waals surface area contributed by atoms with Gasteiger partial charge in [0.05, 0.1) is 17.2 Å². The number of nitrogens with zero attached hydrogens (tertiary/aromatic N) is 1. The Labute approximate surface area is 110 Å². The van der Waals surface area contributed by atoms with Gasteiger partial charge in [-0.1, -0.05) is 13.8 Å². The van der Waals surface area contributed by atoms with Gasteiger partial charge in [-0.2, -0.15) is 0 Å². The summed E-state index contributed by atoms with van der Waals surface area (Å²) in [6.07, 6.45) is 0.479.